The van der Waals surface area contributed by atoms with Gasteiger partial charge in [-0.2, -0.15) is 5.26 Å². The van der Waals surface area contributed by atoms with Crippen LogP contribution in [-0.2, 0) is 11.2 Å². The summed E-state index contributed by atoms with van der Waals surface area (Å²) in [5, 5.41) is 14.8. The van der Waals surface area contributed by atoms with Crippen molar-refractivity contribution >= 4 is 11.6 Å². The Balaban J connectivity index is 1.70. The highest BCUT2D eigenvalue weighted by Gasteiger charge is 2.04. The van der Waals surface area contributed by atoms with Crippen molar-refractivity contribution in [3.8, 4) is 6.07 Å². The molecule has 4 nitrogen and oxygen atoms in total. The van der Waals surface area contributed by atoms with E-state index in [0.717, 1.165) is 0 Å². The zero-order valence-corrected chi connectivity index (χ0v) is 12.7. The molecule has 0 saturated carbocycles. The minimum absolute atomic E-state index is 0.108. The van der Waals surface area contributed by atoms with Crippen molar-refractivity contribution in [3.05, 3.63) is 65.5 Å². The number of halogens is 1. The number of rotatable bonds is 7. The second-order valence-electron chi connectivity index (χ2n) is 5.03. The van der Waals surface area contributed by atoms with Gasteiger partial charge < -0.3 is 10.6 Å². The first-order valence-electron chi connectivity index (χ1n) is 7.44. The first kappa shape index (κ1) is 16.5. The van der Waals surface area contributed by atoms with Gasteiger partial charge in [-0.05, 0) is 30.2 Å². The number of nitriles is 1. The summed E-state index contributed by atoms with van der Waals surface area (Å²) in [7, 11) is 0. The van der Waals surface area contributed by atoms with E-state index in [4.69, 9.17) is 5.26 Å². The van der Waals surface area contributed by atoms with E-state index in [-0.39, 0.29) is 18.1 Å². The normalized spacial score (nSPS) is 9.91. The highest BCUT2D eigenvalue weighted by molar-refractivity contribution is 5.76. The Morgan fingerprint density at radius 2 is 1.83 bits per heavy atom. The molecule has 1 amide bonds. The molecule has 0 radical (unpaired) electrons. The van der Waals surface area contributed by atoms with Gasteiger partial charge in [-0.25, -0.2) is 4.39 Å². The first-order valence-corrected chi connectivity index (χ1v) is 7.44. The van der Waals surface area contributed by atoms with E-state index < -0.39 is 0 Å². The lowest BCUT2D eigenvalue weighted by molar-refractivity contribution is -0.120. The van der Waals surface area contributed by atoms with Gasteiger partial charge in [-0.3, -0.25) is 4.79 Å². The van der Waals surface area contributed by atoms with E-state index >= 15 is 0 Å². The third-order valence-corrected chi connectivity index (χ3v) is 3.39. The van der Waals surface area contributed by atoms with Crippen molar-refractivity contribution in [2.45, 2.75) is 12.8 Å². The number of carbonyl (C=O) groups excluding carboxylic acids is 1. The Kier molecular flexibility index (Phi) is 6.13. The van der Waals surface area contributed by atoms with Gasteiger partial charge >= 0.3 is 0 Å². The summed E-state index contributed by atoms with van der Waals surface area (Å²) in [6, 6.07) is 15.8. The average molecular weight is 311 g/mol. The fourth-order valence-corrected chi connectivity index (χ4v) is 2.17. The van der Waals surface area contributed by atoms with Gasteiger partial charge in [0, 0.05) is 19.5 Å². The number of nitrogens with zero attached hydrogens (tertiary/aromatic N) is 1. The molecule has 118 valence electrons. The summed E-state index contributed by atoms with van der Waals surface area (Å²) < 4.78 is 13.4. The van der Waals surface area contributed by atoms with Crippen molar-refractivity contribution < 1.29 is 9.18 Å². The summed E-state index contributed by atoms with van der Waals surface area (Å²) in [6.07, 6.45) is 0.750. The fraction of sp³-hybridized carbons (Fsp3) is 0.222. The number of hydrogen-bond acceptors (Lipinski definition) is 3. The van der Waals surface area contributed by atoms with Gasteiger partial charge in [-0.1, -0.05) is 30.3 Å². The molecule has 0 atom stereocenters. The Labute approximate surface area is 134 Å². The maximum Gasteiger partial charge on any atom is 0.221 e. The molecule has 0 fully saturated rings. The number of para-hydroxylation sites is 1. The van der Waals surface area contributed by atoms with Gasteiger partial charge in [0.1, 0.15) is 11.9 Å². The van der Waals surface area contributed by atoms with Crippen LogP contribution in [0, 0.1) is 17.1 Å². The predicted molar refractivity (Wildman–Crippen MR) is 87.4 cm³/mol. The van der Waals surface area contributed by atoms with Gasteiger partial charge in [0.2, 0.25) is 5.91 Å². The molecule has 2 aromatic rings. The predicted octanol–water partition coefficient (Wildman–Crippen LogP) is 2.86. The van der Waals surface area contributed by atoms with Crippen molar-refractivity contribution in [2.75, 3.05) is 18.4 Å². The molecule has 2 N–H and O–H groups in total. The van der Waals surface area contributed by atoms with E-state index in [0.29, 0.717) is 36.3 Å². The van der Waals surface area contributed by atoms with Crippen LogP contribution in [0.4, 0.5) is 10.1 Å². The van der Waals surface area contributed by atoms with Crippen LogP contribution in [0.1, 0.15) is 17.5 Å². The van der Waals surface area contributed by atoms with E-state index in [1.54, 1.807) is 36.4 Å². The van der Waals surface area contributed by atoms with Crippen molar-refractivity contribution in [2.24, 2.45) is 0 Å². The molecule has 0 aliphatic rings. The topological polar surface area (TPSA) is 64.9 Å². The van der Waals surface area contributed by atoms with E-state index in [2.05, 4.69) is 16.7 Å². The number of amides is 1. The molecule has 0 aromatic heterocycles. The number of benzene rings is 2. The average Bonchev–Trinajstić information content (AvgIpc) is 2.57. The molecule has 0 unspecified atom stereocenters. The van der Waals surface area contributed by atoms with E-state index in [9.17, 15) is 9.18 Å². The lowest BCUT2D eigenvalue weighted by atomic mass is 10.1. The van der Waals surface area contributed by atoms with Crippen LogP contribution in [0.2, 0.25) is 0 Å². The molecule has 2 rings (SSSR count). The smallest absolute Gasteiger partial charge is 0.221 e. The summed E-state index contributed by atoms with van der Waals surface area (Å²) in [5.41, 5.74) is 1.86. The number of carbonyl (C=O) groups is 1. The Hall–Kier alpha value is -2.87. The quantitative estimate of drug-likeness (QED) is 0.826. The van der Waals surface area contributed by atoms with Crippen LogP contribution >= 0.6 is 0 Å². The molecule has 0 aliphatic carbocycles. The fourth-order valence-electron chi connectivity index (χ4n) is 2.17. The Morgan fingerprint density at radius 3 is 2.61 bits per heavy atom. The van der Waals surface area contributed by atoms with Crippen molar-refractivity contribution in [3.63, 3.8) is 0 Å². The molecule has 0 bridgehead atoms. The molecule has 0 spiro atoms. The minimum Gasteiger partial charge on any atom is -0.383 e. The maximum atomic E-state index is 13.4. The zero-order valence-electron chi connectivity index (χ0n) is 12.7. The second kappa shape index (κ2) is 8.54. The SMILES string of the molecule is N#Cc1ccccc1NCCC(=O)NCCc1ccccc1F. The highest BCUT2D eigenvalue weighted by atomic mass is 19.1. The monoisotopic (exact) mass is 311 g/mol. The molecule has 2 aromatic carbocycles. The first-order chi connectivity index (χ1) is 11.2. The standard InChI is InChI=1S/C18H18FN3O/c19-16-7-3-1-5-14(16)9-11-22-18(23)10-12-21-17-8-4-2-6-15(17)13-20/h1-8,21H,9-12H2,(H,22,23). The van der Waals surface area contributed by atoms with E-state index in [1.165, 1.54) is 6.07 Å². The Bertz CT molecular complexity index is 709. The lowest BCUT2D eigenvalue weighted by Gasteiger charge is -2.09. The second-order valence-corrected chi connectivity index (χ2v) is 5.03. The number of nitrogens with one attached hydrogen (secondary N) is 2. The minimum atomic E-state index is -0.253. The zero-order chi connectivity index (χ0) is 16.5. The Morgan fingerprint density at radius 1 is 1.09 bits per heavy atom. The van der Waals surface area contributed by atoms with Gasteiger partial charge in [0.15, 0.2) is 0 Å². The van der Waals surface area contributed by atoms with Gasteiger partial charge in [0.05, 0.1) is 11.3 Å². The van der Waals surface area contributed by atoms with Gasteiger partial charge in [0.25, 0.3) is 0 Å². The summed E-state index contributed by atoms with van der Waals surface area (Å²) >= 11 is 0. The van der Waals surface area contributed by atoms with Gasteiger partial charge in [-0.15, -0.1) is 0 Å². The molecular formula is C18H18FN3O. The lowest BCUT2D eigenvalue weighted by Crippen LogP contribution is -2.27. The summed E-state index contributed by atoms with van der Waals surface area (Å²) in [4.78, 5) is 11.8. The van der Waals surface area contributed by atoms with Crippen LogP contribution in [0.25, 0.3) is 0 Å². The van der Waals surface area contributed by atoms with Crippen LogP contribution < -0.4 is 10.6 Å². The molecule has 0 saturated heterocycles. The summed E-state index contributed by atoms with van der Waals surface area (Å²) in [5.74, 6) is -0.361. The largest absolute Gasteiger partial charge is 0.383 e. The van der Waals surface area contributed by atoms with Crippen LogP contribution in [0.3, 0.4) is 0 Å². The van der Waals surface area contributed by atoms with Crippen molar-refractivity contribution in [1.29, 1.82) is 5.26 Å². The van der Waals surface area contributed by atoms with Crippen molar-refractivity contribution in [1.82, 2.24) is 5.32 Å². The third-order valence-electron chi connectivity index (χ3n) is 3.39. The maximum absolute atomic E-state index is 13.4. The number of hydrogen-bond donors (Lipinski definition) is 2. The van der Waals surface area contributed by atoms with Crippen LogP contribution in [0.5, 0.6) is 0 Å². The molecule has 5 heteroatoms. The third kappa shape index (κ3) is 5.11. The highest BCUT2D eigenvalue weighted by Crippen LogP contribution is 2.13. The molecule has 0 aliphatic heterocycles. The van der Waals surface area contributed by atoms with Crippen LogP contribution in [-0.4, -0.2) is 19.0 Å². The number of anilines is 1. The molecule has 0 heterocycles. The van der Waals surface area contributed by atoms with Crippen LogP contribution in [0.15, 0.2) is 48.5 Å². The molecular weight excluding hydrogens is 293 g/mol. The van der Waals surface area contributed by atoms with E-state index in [1.807, 2.05) is 6.07 Å². The summed E-state index contributed by atoms with van der Waals surface area (Å²) in [6.45, 7) is 0.832. The molecule has 23 heavy (non-hydrogen) atoms.